The van der Waals surface area contributed by atoms with Crippen LogP contribution in [0.15, 0.2) is 4.99 Å². The quantitative estimate of drug-likeness (QED) is 0.688. The minimum Gasteiger partial charge on any atom is -0.358 e. The second kappa shape index (κ2) is 5.45. The predicted molar refractivity (Wildman–Crippen MR) is 108 cm³/mol. The van der Waals surface area contributed by atoms with Crippen LogP contribution in [-0.4, -0.2) is 10.7 Å². The largest absolute Gasteiger partial charge is 0.358 e. The third-order valence-electron chi connectivity index (χ3n) is 6.62. The number of rotatable bonds is 1. The number of hydrogen-bond acceptors (Lipinski definition) is 1. The van der Waals surface area contributed by atoms with Crippen molar-refractivity contribution in [3.63, 3.8) is 0 Å². The first-order valence-electron chi connectivity index (χ1n) is 9.40. The van der Waals surface area contributed by atoms with Crippen LogP contribution in [0.4, 0.5) is 0 Å². The van der Waals surface area contributed by atoms with Gasteiger partial charge in [0.2, 0.25) is 0 Å². The van der Waals surface area contributed by atoms with Crippen LogP contribution in [0.1, 0.15) is 76.2 Å². The van der Waals surface area contributed by atoms with Gasteiger partial charge in [0.05, 0.1) is 5.70 Å². The minimum atomic E-state index is 1.16. The van der Waals surface area contributed by atoms with E-state index < -0.39 is 0 Å². The summed E-state index contributed by atoms with van der Waals surface area (Å²) in [6.45, 7) is 15.6. The Morgan fingerprint density at radius 3 is 2.08 bits per heavy atom. The molecule has 2 heterocycles. The van der Waals surface area contributed by atoms with Crippen LogP contribution in [0.25, 0.3) is 11.3 Å². The van der Waals surface area contributed by atoms with E-state index in [4.69, 9.17) is 4.99 Å². The number of allylic oxidation sites excluding steroid dienone is 1. The summed E-state index contributed by atoms with van der Waals surface area (Å²) in [6, 6.07) is 0. The molecule has 0 saturated heterocycles. The summed E-state index contributed by atoms with van der Waals surface area (Å²) in [5.74, 6) is 0. The molecule has 0 bridgehead atoms. The van der Waals surface area contributed by atoms with Gasteiger partial charge in [-0.15, -0.1) is 0 Å². The number of nitrogens with zero attached hydrogens (tertiary/aromatic N) is 1. The Balaban J connectivity index is 1.99. The third kappa shape index (κ3) is 2.13. The SMILES string of the molecule is CC1=N/C(=C(/C)c2[nH]c3c(c2C)CCC3)c2c(C)c(C)c(C)c(C)c21. The van der Waals surface area contributed by atoms with Gasteiger partial charge in [0.25, 0.3) is 0 Å². The molecule has 2 aromatic rings. The molecule has 0 spiro atoms. The van der Waals surface area contributed by atoms with Crippen molar-refractivity contribution in [3.05, 3.63) is 55.9 Å². The topological polar surface area (TPSA) is 28.1 Å². The summed E-state index contributed by atoms with van der Waals surface area (Å²) in [5.41, 5.74) is 17.6. The molecule has 1 aliphatic heterocycles. The van der Waals surface area contributed by atoms with Crippen molar-refractivity contribution in [2.45, 2.75) is 67.7 Å². The van der Waals surface area contributed by atoms with Crippen molar-refractivity contribution in [2.75, 3.05) is 0 Å². The Labute approximate surface area is 151 Å². The standard InChI is InChI=1S/C23H28N2/c1-11-12(2)14(4)21-20(13(11)3)17(7)24-23(21)16(6)22-15(5)18-9-8-10-19(18)25-22/h25H,8-10H2,1-7H3/b23-16-. The number of aliphatic imine (C=N–C) groups is 1. The highest BCUT2D eigenvalue weighted by atomic mass is 14.8. The first-order valence-corrected chi connectivity index (χ1v) is 9.40. The van der Waals surface area contributed by atoms with Gasteiger partial charge >= 0.3 is 0 Å². The first kappa shape index (κ1) is 16.4. The van der Waals surface area contributed by atoms with Gasteiger partial charge in [-0.3, -0.25) is 4.99 Å². The van der Waals surface area contributed by atoms with E-state index in [1.165, 1.54) is 80.9 Å². The number of H-pyrrole nitrogens is 1. The van der Waals surface area contributed by atoms with E-state index in [0.29, 0.717) is 0 Å². The Bertz CT molecular complexity index is 980. The van der Waals surface area contributed by atoms with E-state index in [1.807, 2.05) is 0 Å². The summed E-state index contributed by atoms with van der Waals surface area (Å²) in [7, 11) is 0. The van der Waals surface area contributed by atoms with Crippen molar-refractivity contribution < 1.29 is 0 Å². The van der Waals surface area contributed by atoms with Gasteiger partial charge in [-0.2, -0.15) is 0 Å². The molecule has 4 rings (SSSR count). The molecule has 0 saturated carbocycles. The average Bonchev–Trinajstić information content (AvgIpc) is 3.25. The fraction of sp³-hybridized carbons (Fsp3) is 0.435. The molecule has 0 amide bonds. The highest BCUT2D eigenvalue weighted by molar-refractivity contribution is 6.15. The second-order valence-corrected chi connectivity index (χ2v) is 7.86. The number of hydrogen-bond donors (Lipinski definition) is 1. The van der Waals surface area contributed by atoms with Gasteiger partial charge in [-0.25, -0.2) is 0 Å². The van der Waals surface area contributed by atoms with Crippen molar-refractivity contribution >= 4 is 17.0 Å². The number of aryl methyl sites for hydroxylation is 1. The molecular weight excluding hydrogens is 304 g/mol. The van der Waals surface area contributed by atoms with E-state index in [9.17, 15) is 0 Å². The van der Waals surface area contributed by atoms with E-state index in [2.05, 4.69) is 53.5 Å². The number of fused-ring (bicyclic) bond motifs is 2. The van der Waals surface area contributed by atoms with Crippen LogP contribution in [0.3, 0.4) is 0 Å². The van der Waals surface area contributed by atoms with Crippen molar-refractivity contribution in [1.82, 2.24) is 4.98 Å². The molecule has 1 aromatic carbocycles. The zero-order valence-electron chi connectivity index (χ0n) is 16.6. The van der Waals surface area contributed by atoms with Crippen LogP contribution in [0.5, 0.6) is 0 Å². The van der Waals surface area contributed by atoms with Crippen LogP contribution in [-0.2, 0) is 12.8 Å². The zero-order valence-corrected chi connectivity index (χ0v) is 16.6. The number of benzene rings is 1. The molecule has 1 N–H and O–H groups in total. The normalized spacial score (nSPS) is 17.6. The summed E-state index contributed by atoms with van der Waals surface area (Å²) < 4.78 is 0. The Morgan fingerprint density at radius 1 is 0.800 bits per heavy atom. The highest BCUT2D eigenvalue weighted by Crippen LogP contribution is 2.42. The molecule has 0 fully saturated rings. The van der Waals surface area contributed by atoms with Gasteiger partial charge in [0, 0.05) is 28.2 Å². The van der Waals surface area contributed by atoms with Crippen molar-refractivity contribution in [3.8, 4) is 0 Å². The molecule has 2 nitrogen and oxygen atoms in total. The lowest BCUT2D eigenvalue weighted by atomic mass is 9.86. The monoisotopic (exact) mass is 332 g/mol. The lowest BCUT2D eigenvalue weighted by molar-refractivity contribution is 0.887. The first-order chi connectivity index (χ1) is 11.8. The lowest BCUT2D eigenvalue weighted by Crippen LogP contribution is -2.04. The third-order valence-corrected chi connectivity index (χ3v) is 6.62. The maximum Gasteiger partial charge on any atom is 0.0764 e. The summed E-state index contributed by atoms with van der Waals surface area (Å²) >= 11 is 0. The maximum absolute atomic E-state index is 5.04. The van der Waals surface area contributed by atoms with E-state index >= 15 is 0 Å². The zero-order chi connectivity index (χ0) is 18.0. The molecule has 1 aliphatic carbocycles. The maximum atomic E-state index is 5.04. The van der Waals surface area contributed by atoms with Gasteiger partial charge in [0.1, 0.15) is 0 Å². The Hall–Kier alpha value is -2.09. The van der Waals surface area contributed by atoms with Crippen LogP contribution in [0, 0.1) is 34.6 Å². The molecule has 1 aromatic heterocycles. The lowest BCUT2D eigenvalue weighted by Gasteiger charge is -2.17. The second-order valence-electron chi connectivity index (χ2n) is 7.86. The smallest absolute Gasteiger partial charge is 0.0764 e. The molecule has 2 aliphatic rings. The van der Waals surface area contributed by atoms with Crippen molar-refractivity contribution in [1.29, 1.82) is 0 Å². The minimum absolute atomic E-state index is 1.16. The van der Waals surface area contributed by atoms with E-state index in [1.54, 1.807) is 5.56 Å². The van der Waals surface area contributed by atoms with Gasteiger partial charge < -0.3 is 4.98 Å². The molecule has 0 atom stereocenters. The fourth-order valence-corrected chi connectivity index (χ4v) is 4.80. The molecular formula is C23H28N2. The molecule has 2 heteroatoms. The van der Waals surface area contributed by atoms with Gasteiger partial charge in [-0.05, 0) is 107 Å². The number of aromatic nitrogens is 1. The van der Waals surface area contributed by atoms with E-state index in [-0.39, 0.29) is 0 Å². The van der Waals surface area contributed by atoms with Gasteiger partial charge in [-0.1, -0.05) is 0 Å². The Morgan fingerprint density at radius 2 is 1.44 bits per heavy atom. The summed E-state index contributed by atoms with van der Waals surface area (Å²) in [6.07, 6.45) is 3.69. The highest BCUT2D eigenvalue weighted by Gasteiger charge is 2.28. The average molecular weight is 332 g/mol. The van der Waals surface area contributed by atoms with E-state index in [0.717, 1.165) is 5.71 Å². The van der Waals surface area contributed by atoms with Crippen LogP contribution >= 0.6 is 0 Å². The predicted octanol–water partition coefficient (Wildman–Crippen LogP) is 5.76. The molecule has 25 heavy (non-hydrogen) atoms. The molecule has 0 radical (unpaired) electrons. The molecule has 130 valence electrons. The fourth-order valence-electron chi connectivity index (χ4n) is 4.80. The number of aromatic amines is 1. The van der Waals surface area contributed by atoms with Crippen LogP contribution < -0.4 is 0 Å². The van der Waals surface area contributed by atoms with Crippen LogP contribution in [0.2, 0.25) is 0 Å². The Kier molecular flexibility index (Phi) is 3.57. The van der Waals surface area contributed by atoms with Crippen molar-refractivity contribution in [2.24, 2.45) is 4.99 Å². The summed E-state index contributed by atoms with van der Waals surface area (Å²) in [4.78, 5) is 8.75. The molecule has 0 unspecified atom stereocenters. The van der Waals surface area contributed by atoms with Gasteiger partial charge in [0.15, 0.2) is 0 Å². The number of nitrogens with one attached hydrogen (secondary N) is 1. The summed E-state index contributed by atoms with van der Waals surface area (Å²) in [5, 5.41) is 0.